The number of nitrogens with zero attached hydrogens (tertiary/aromatic N) is 4. The smallest absolute Gasteiger partial charge is 0.0863 e. The summed E-state index contributed by atoms with van der Waals surface area (Å²) in [4.78, 5) is 12.4. The van der Waals surface area contributed by atoms with Crippen LogP contribution in [-0.4, -0.2) is 33.9 Å². The molecule has 0 radical (unpaired) electrons. The van der Waals surface area contributed by atoms with Crippen molar-refractivity contribution in [1.82, 2.24) is 20.1 Å². The van der Waals surface area contributed by atoms with Gasteiger partial charge < -0.3 is 10.3 Å². The monoisotopic (exact) mass is 504 g/mol. The van der Waals surface area contributed by atoms with Gasteiger partial charge in [0.15, 0.2) is 0 Å². The molecule has 0 bridgehead atoms. The SMILES string of the molecule is CCc1cccc(C)c1-n1nc2c(c1-c1ccc(Cl)c3[nH]ccc13)CN=C/C(Cl)=C\NC=NCC2. The zero-order valence-electron chi connectivity index (χ0n) is 19.6. The Morgan fingerprint density at radius 1 is 1.09 bits per heavy atom. The first-order valence-corrected chi connectivity index (χ1v) is 12.4. The second-order valence-corrected chi connectivity index (χ2v) is 9.28. The first-order chi connectivity index (χ1) is 17.1. The molecule has 2 N–H and O–H groups in total. The van der Waals surface area contributed by atoms with E-state index in [2.05, 4.69) is 69.1 Å². The fourth-order valence-corrected chi connectivity index (χ4v) is 4.95. The third kappa shape index (κ3) is 4.51. The van der Waals surface area contributed by atoms with Gasteiger partial charge in [0, 0.05) is 48.1 Å². The van der Waals surface area contributed by atoms with Crippen molar-refractivity contribution in [3.63, 3.8) is 0 Å². The standard InChI is InChI=1S/C27H26Cl2N6/c1-3-18-6-4-5-17(2)26(18)35-27(21-7-8-23(29)25-20(21)9-12-33-25)22-15-31-13-19(28)14-32-16-30-11-10-24(22)34-35/h4-9,12-14,16,33H,3,10-11,15H2,1-2H3,(H,30,32)/b19-14+,31-13?. The predicted octanol–water partition coefficient (Wildman–Crippen LogP) is 6.37. The minimum absolute atomic E-state index is 0.445. The number of aliphatic imine (C=N–C) groups is 2. The van der Waals surface area contributed by atoms with E-state index in [1.807, 2.05) is 12.3 Å². The van der Waals surface area contributed by atoms with Crippen molar-refractivity contribution in [2.24, 2.45) is 9.98 Å². The maximum atomic E-state index is 6.52. The number of hydrogen-bond donors (Lipinski definition) is 2. The summed E-state index contributed by atoms with van der Waals surface area (Å²) in [5, 5.41) is 10.4. The Morgan fingerprint density at radius 3 is 2.83 bits per heavy atom. The zero-order valence-corrected chi connectivity index (χ0v) is 21.2. The molecule has 35 heavy (non-hydrogen) atoms. The van der Waals surface area contributed by atoms with E-state index < -0.39 is 0 Å². The van der Waals surface area contributed by atoms with Crippen molar-refractivity contribution in [2.75, 3.05) is 6.54 Å². The highest BCUT2D eigenvalue weighted by Crippen LogP contribution is 2.38. The number of aromatic nitrogens is 3. The van der Waals surface area contributed by atoms with Crippen LogP contribution in [0.3, 0.4) is 0 Å². The minimum Gasteiger partial charge on any atom is -0.360 e. The van der Waals surface area contributed by atoms with Gasteiger partial charge in [-0.1, -0.05) is 54.4 Å². The van der Waals surface area contributed by atoms with Crippen LogP contribution in [0.4, 0.5) is 0 Å². The summed E-state index contributed by atoms with van der Waals surface area (Å²) in [6.45, 7) is 5.35. The molecule has 0 saturated carbocycles. The lowest BCUT2D eigenvalue weighted by Crippen LogP contribution is -2.06. The number of aromatic amines is 1. The third-order valence-electron chi connectivity index (χ3n) is 6.24. The molecular formula is C27H26Cl2N6. The molecule has 0 unspecified atom stereocenters. The van der Waals surface area contributed by atoms with E-state index in [1.165, 1.54) is 11.1 Å². The quantitative estimate of drug-likeness (QED) is 0.340. The van der Waals surface area contributed by atoms with Crippen molar-refractivity contribution in [3.05, 3.63) is 81.2 Å². The molecule has 6 nitrogen and oxygen atoms in total. The Labute approximate surface area is 214 Å². The van der Waals surface area contributed by atoms with Crippen LogP contribution in [0.1, 0.15) is 29.3 Å². The highest BCUT2D eigenvalue weighted by Gasteiger charge is 2.24. The number of H-pyrrole nitrogens is 1. The number of allylic oxidation sites excluding steroid dienone is 1. The van der Waals surface area contributed by atoms with Crippen molar-refractivity contribution < 1.29 is 0 Å². The topological polar surface area (TPSA) is 70.4 Å². The van der Waals surface area contributed by atoms with Gasteiger partial charge in [-0.25, -0.2) is 4.68 Å². The number of halogens is 2. The van der Waals surface area contributed by atoms with Crippen LogP contribution in [0, 0.1) is 6.92 Å². The van der Waals surface area contributed by atoms with Gasteiger partial charge in [0.2, 0.25) is 0 Å². The Kier molecular flexibility index (Phi) is 6.75. The molecule has 8 heteroatoms. The van der Waals surface area contributed by atoms with E-state index in [9.17, 15) is 0 Å². The van der Waals surface area contributed by atoms with Gasteiger partial charge in [0.05, 0.1) is 45.5 Å². The molecule has 0 aliphatic carbocycles. The van der Waals surface area contributed by atoms with E-state index in [1.54, 1.807) is 18.8 Å². The number of para-hydroxylation sites is 1. The molecule has 3 heterocycles. The largest absolute Gasteiger partial charge is 0.360 e. The molecule has 2 aromatic carbocycles. The summed E-state index contributed by atoms with van der Waals surface area (Å²) in [5.74, 6) is 0. The number of rotatable bonds is 3. The van der Waals surface area contributed by atoms with Gasteiger partial charge >= 0.3 is 0 Å². The van der Waals surface area contributed by atoms with Crippen molar-refractivity contribution in [2.45, 2.75) is 33.2 Å². The number of aryl methyl sites for hydroxylation is 2. The first-order valence-electron chi connectivity index (χ1n) is 11.6. The van der Waals surface area contributed by atoms with E-state index in [4.69, 9.17) is 28.3 Å². The summed E-state index contributed by atoms with van der Waals surface area (Å²) in [6.07, 6.45) is 8.49. The van der Waals surface area contributed by atoms with Gasteiger partial charge in [-0.15, -0.1) is 0 Å². The van der Waals surface area contributed by atoms with Crippen LogP contribution >= 0.6 is 23.2 Å². The Hall–Kier alpha value is -3.35. The van der Waals surface area contributed by atoms with Crippen LogP contribution in [0.15, 0.2) is 63.8 Å². The van der Waals surface area contributed by atoms with Gasteiger partial charge in [-0.3, -0.25) is 9.98 Å². The molecule has 0 saturated heterocycles. The summed E-state index contributed by atoms with van der Waals surface area (Å²) < 4.78 is 2.10. The van der Waals surface area contributed by atoms with Crippen LogP contribution in [0.2, 0.25) is 5.02 Å². The number of nitrogens with one attached hydrogen (secondary N) is 2. The average Bonchev–Trinajstić information content (AvgIpc) is 3.47. The van der Waals surface area contributed by atoms with Crippen LogP contribution in [0.5, 0.6) is 0 Å². The summed E-state index contributed by atoms with van der Waals surface area (Å²) in [6, 6.07) is 12.5. The van der Waals surface area contributed by atoms with E-state index in [0.29, 0.717) is 29.6 Å². The molecule has 0 spiro atoms. The van der Waals surface area contributed by atoms with Gasteiger partial charge in [0.25, 0.3) is 0 Å². The summed E-state index contributed by atoms with van der Waals surface area (Å²) in [5.41, 5.74) is 8.52. The molecule has 1 aliphatic heterocycles. The van der Waals surface area contributed by atoms with Gasteiger partial charge in [-0.2, -0.15) is 5.10 Å². The lowest BCUT2D eigenvalue weighted by Gasteiger charge is -2.16. The second kappa shape index (κ2) is 10.1. The summed E-state index contributed by atoms with van der Waals surface area (Å²) >= 11 is 12.8. The zero-order chi connectivity index (χ0) is 24.4. The molecule has 5 rings (SSSR count). The van der Waals surface area contributed by atoms with E-state index >= 15 is 0 Å². The normalized spacial score (nSPS) is 15.7. The fraction of sp³-hybridized carbons (Fsp3) is 0.222. The maximum absolute atomic E-state index is 6.52. The number of fused-ring (bicyclic) bond motifs is 2. The van der Waals surface area contributed by atoms with Gasteiger partial charge in [-0.05, 0) is 36.6 Å². The molecule has 4 aromatic rings. The second-order valence-electron chi connectivity index (χ2n) is 8.43. The fourth-order valence-electron chi connectivity index (χ4n) is 4.60. The molecule has 0 atom stereocenters. The number of benzene rings is 2. The molecule has 0 fully saturated rings. The highest BCUT2D eigenvalue weighted by molar-refractivity contribution is 6.39. The highest BCUT2D eigenvalue weighted by atomic mass is 35.5. The predicted molar refractivity (Wildman–Crippen MR) is 146 cm³/mol. The number of hydrogen-bond acceptors (Lipinski definition) is 4. The Bertz CT molecular complexity index is 1470. The van der Waals surface area contributed by atoms with Crippen molar-refractivity contribution >= 4 is 46.7 Å². The van der Waals surface area contributed by atoms with Crippen LogP contribution in [-0.2, 0) is 19.4 Å². The lowest BCUT2D eigenvalue weighted by atomic mass is 9.99. The summed E-state index contributed by atoms with van der Waals surface area (Å²) in [7, 11) is 0. The molecule has 0 amide bonds. The molecule has 178 valence electrons. The Morgan fingerprint density at radius 2 is 1.97 bits per heavy atom. The molecular weight excluding hydrogens is 479 g/mol. The van der Waals surface area contributed by atoms with Crippen molar-refractivity contribution in [1.29, 1.82) is 0 Å². The maximum Gasteiger partial charge on any atom is 0.0863 e. The van der Waals surface area contributed by atoms with Crippen LogP contribution < -0.4 is 5.32 Å². The van der Waals surface area contributed by atoms with Crippen molar-refractivity contribution in [3.8, 4) is 16.9 Å². The van der Waals surface area contributed by atoms with E-state index in [-0.39, 0.29) is 0 Å². The Balaban J connectivity index is 1.82. The molecule has 2 aromatic heterocycles. The average molecular weight is 505 g/mol. The molecule has 1 aliphatic rings. The van der Waals surface area contributed by atoms with Gasteiger partial charge in [0.1, 0.15) is 0 Å². The van der Waals surface area contributed by atoms with Crippen LogP contribution in [0.25, 0.3) is 27.8 Å². The first kappa shape index (κ1) is 23.4. The lowest BCUT2D eigenvalue weighted by molar-refractivity contribution is 0.810. The third-order valence-corrected chi connectivity index (χ3v) is 6.76. The minimum atomic E-state index is 0.445. The van der Waals surface area contributed by atoms with E-state index in [0.717, 1.165) is 45.5 Å².